The summed E-state index contributed by atoms with van der Waals surface area (Å²) in [5.41, 5.74) is 5.83. The number of nitrogens with zero attached hydrogens (tertiary/aromatic N) is 3. The van der Waals surface area contributed by atoms with Crippen molar-refractivity contribution in [3.63, 3.8) is 0 Å². The van der Waals surface area contributed by atoms with Gasteiger partial charge in [0.25, 0.3) is 0 Å². The Morgan fingerprint density at radius 3 is 2.92 bits per heavy atom. The van der Waals surface area contributed by atoms with Gasteiger partial charge in [0.2, 0.25) is 0 Å². The highest BCUT2D eigenvalue weighted by atomic mass is 32.1. The molecule has 0 unspecified atom stereocenters. The van der Waals surface area contributed by atoms with Gasteiger partial charge < -0.3 is 5.32 Å². The van der Waals surface area contributed by atoms with Gasteiger partial charge in [-0.2, -0.15) is 11.3 Å². The Hall–Kier alpha value is -2.79. The van der Waals surface area contributed by atoms with Gasteiger partial charge in [-0.3, -0.25) is 4.98 Å². The molecule has 24 heavy (non-hydrogen) atoms. The van der Waals surface area contributed by atoms with E-state index in [0.29, 0.717) is 0 Å². The van der Waals surface area contributed by atoms with Crippen LogP contribution in [-0.2, 0) is 6.42 Å². The van der Waals surface area contributed by atoms with Crippen molar-refractivity contribution in [1.29, 1.82) is 0 Å². The average Bonchev–Trinajstić information content (AvgIpc) is 3.11. The first-order valence-corrected chi connectivity index (χ1v) is 8.66. The van der Waals surface area contributed by atoms with E-state index in [1.165, 1.54) is 16.7 Å². The van der Waals surface area contributed by atoms with Gasteiger partial charge in [0, 0.05) is 17.3 Å². The molecule has 0 spiro atoms. The van der Waals surface area contributed by atoms with Crippen LogP contribution in [0.25, 0.3) is 10.9 Å². The molecule has 4 nitrogen and oxygen atoms in total. The largest absolute Gasteiger partial charge is 0.340 e. The first-order chi connectivity index (χ1) is 11.8. The number of nitrogens with one attached hydrogen (secondary N) is 1. The summed E-state index contributed by atoms with van der Waals surface area (Å²) in [5.74, 6) is 0.799. The van der Waals surface area contributed by atoms with E-state index in [9.17, 15) is 0 Å². The first-order valence-electron chi connectivity index (χ1n) is 7.72. The third-order valence-corrected chi connectivity index (χ3v) is 4.75. The molecule has 5 heteroatoms. The Labute approximate surface area is 144 Å². The summed E-state index contributed by atoms with van der Waals surface area (Å²) in [6.45, 7) is 2.15. The summed E-state index contributed by atoms with van der Waals surface area (Å²) in [5, 5.41) is 8.68. The van der Waals surface area contributed by atoms with Crippen LogP contribution in [0.5, 0.6) is 0 Å². The van der Waals surface area contributed by atoms with Gasteiger partial charge in [0.05, 0.1) is 11.7 Å². The number of fused-ring (bicyclic) bond motifs is 1. The summed E-state index contributed by atoms with van der Waals surface area (Å²) in [4.78, 5) is 12.7. The molecule has 0 saturated carbocycles. The second kappa shape index (κ2) is 6.37. The lowest BCUT2D eigenvalue weighted by Gasteiger charge is -2.11. The van der Waals surface area contributed by atoms with Crippen LogP contribution in [0.2, 0.25) is 0 Å². The molecule has 0 radical (unpaired) electrons. The smallest absolute Gasteiger partial charge is 0.141 e. The van der Waals surface area contributed by atoms with E-state index in [1.54, 1.807) is 30.1 Å². The number of pyridine rings is 1. The zero-order chi connectivity index (χ0) is 16.4. The fourth-order valence-electron chi connectivity index (χ4n) is 2.73. The second-order valence-corrected chi connectivity index (χ2v) is 6.47. The van der Waals surface area contributed by atoms with Crippen molar-refractivity contribution in [3.05, 3.63) is 76.5 Å². The molecule has 3 heterocycles. The highest BCUT2D eigenvalue weighted by Gasteiger charge is 2.06. The van der Waals surface area contributed by atoms with Crippen LogP contribution < -0.4 is 5.32 Å². The topological polar surface area (TPSA) is 50.7 Å². The molecule has 4 aromatic rings. The maximum atomic E-state index is 4.37. The monoisotopic (exact) mass is 332 g/mol. The van der Waals surface area contributed by atoms with Gasteiger partial charge >= 0.3 is 0 Å². The zero-order valence-electron chi connectivity index (χ0n) is 13.2. The summed E-state index contributed by atoms with van der Waals surface area (Å²) in [6.07, 6.45) is 6.03. The Balaban J connectivity index is 1.62. The lowest BCUT2D eigenvalue weighted by molar-refractivity contribution is 1.16. The molecule has 4 rings (SSSR count). The number of thiophene rings is 1. The van der Waals surface area contributed by atoms with Crippen LogP contribution in [0.3, 0.4) is 0 Å². The molecule has 3 aromatic heterocycles. The number of rotatable bonds is 4. The van der Waals surface area contributed by atoms with E-state index >= 15 is 0 Å². The number of hydrogen-bond acceptors (Lipinski definition) is 5. The molecule has 0 saturated heterocycles. The minimum Gasteiger partial charge on any atom is -0.340 e. The van der Waals surface area contributed by atoms with Crippen molar-refractivity contribution < 1.29 is 0 Å². The minimum atomic E-state index is 0.799. The molecule has 0 fully saturated rings. The molecule has 118 valence electrons. The number of anilines is 2. The van der Waals surface area contributed by atoms with Crippen LogP contribution in [0.15, 0.2) is 59.8 Å². The van der Waals surface area contributed by atoms with Crippen molar-refractivity contribution in [2.75, 3.05) is 5.32 Å². The average molecular weight is 332 g/mol. The van der Waals surface area contributed by atoms with E-state index in [2.05, 4.69) is 62.2 Å². The van der Waals surface area contributed by atoms with Crippen LogP contribution in [0, 0.1) is 6.92 Å². The van der Waals surface area contributed by atoms with Gasteiger partial charge in [0.1, 0.15) is 12.1 Å². The van der Waals surface area contributed by atoms with Gasteiger partial charge in [0.15, 0.2) is 0 Å². The van der Waals surface area contributed by atoms with Gasteiger partial charge in [-0.1, -0.05) is 6.07 Å². The number of hydrogen-bond donors (Lipinski definition) is 1. The first kappa shape index (κ1) is 14.8. The maximum Gasteiger partial charge on any atom is 0.141 e. The van der Waals surface area contributed by atoms with Gasteiger partial charge in [-0.15, -0.1) is 0 Å². The Kier molecular flexibility index (Phi) is 3.92. The van der Waals surface area contributed by atoms with Crippen molar-refractivity contribution in [3.8, 4) is 0 Å². The van der Waals surface area contributed by atoms with Crippen LogP contribution in [0.1, 0.15) is 16.7 Å². The molecule has 0 aliphatic rings. The normalized spacial score (nSPS) is 10.9. The summed E-state index contributed by atoms with van der Waals surface area (Å²) >= 11 is 1.74. The lowest BCUT2D eigenvalue weighted by Crippen LogP contribution is -1.98. The lowest BCUT2D eigenvalue weighted by atomic mass is 10.0. The molecule has 0 atom stereocenters. The summed E-state index contributed by atoms with van der Waals surface area (Å²) in [6, 6.07) is 10.5. The molecular formula is C19H16N4S. The van der Waals surface area contributed by atoms with E-state index < -0.39 is 0 Å². The van der Waals surface area contributed by atoms with Crippen LogP contribution >= 0.6 is 11.3 Å². The zero-order valence-corrected chi connectivity index (χ0v) is 14.0. The van der Waals surface area contributed by atoms with E-state index in [0.717, 1.165) is 28.8 Å². The minimum absolute atomic E-state index is 0.799. The Morgan fingerprint density at radius 1 is 1.12 bits per heavy atom. The van der Waals surface area contributed by atoms with Crippen molar-refractivity contribution in [2.24, 2.45) is 0 Å². The van der Waals surface area contributed by atoms with Crippen molar-refractivity contribution in [1.82, 2.24) is 15.0 Å². The van der Waals surface area contributed by atoms with Crippen LogP contribution in [0.4, 0.5) is 11.5 Å². The highest BCUT2D eigenvalue weighted by Crippen LogP contribution is 2.25. The summed E-state index contributed by atoms with van der Waals surface area (Å²) in [7, 11) is 0. The molecule has 0 bridgehead atoms. The molecule has 0 aliphatic carbocycles. The Bertz CT molecular complexity index is 975. The molecule has 0 aliphatic heterocycles. The predicted molar refractivity (Wildman–Crippen MR) is 98.9 cm³/mol. The number of aryl methyl sites for hydroxylation is 1. The summed E-state index contributed by atoms with van der Waals surface area (Å²) < 4.78 is 0. The maximum absolute atomic E-state index is 4.37. The molecule has 1 N–H and O–H groups in total. The van der Waals surface area contributed by atoms with Gasteiger partial charge in [-0.05, 0) is 65.1 Å². The standard InChI is InChI=1S/C19H16N4S/c1-13-8-16(3-2-15(13)9-14-5-7-24-11-14)23-19-17-4-6-20-10-18(17)21-12-22-19/h2-8,10-12H,9H2,1H3,(H,21,22,23). The van der Waals surface area contributed by atoms with E-state index in [1.807, 2.05) is 6.07 Å². The van der Waals surface area contributed by atoms with E-state index in [-0.39, 0.29) is 0 Å². The van der Waals surface area contributed by atoms with Gasteiger partial charge in [-0.25, -0.2) is 9.97 Å². The Morgan fingerprint density at radius 2 is 2.08 bits per heavy atom. The van der Waals surface area contributed by atoms with E-state index in [4.69, 9.17) is 0 Å². The fourth-order valence-corrected chi connectivity index (χ4v) is 3.40. The highest BCUT2D eigenvalue weighted by molar-refractivity contribution is 7.07. The number of aromatic nitrogens is 3. The molecular weight excluding hydrogens is 316 g/mol. The quantitative estimate of drug-likeness (QED) is 0.587. The fraction of sp³-hybridized carbons (Fsp3) is 0.105. The molecule has 0 amide bonds. The number of benzene rings is 1. The second-order valence-electron chi connectivity index (χ2n) is 5.69. The third kappa shape index (κ3) is 2.98. The van der Waals surface area contributed by atoms with Crippen molar-refractivity contribution in [2.45, 2.75) is 13.3 Å². The van der Waals surface area contributed by atoms with Crippen molar-refractivity contribution >= 4 is 33.7 Å². The van der Waals surface area contributed by atoms with Crippen LogP contribution in [-0.4, -0.2) is 15.0 Å². The SMILES string of the molecule is Cc1cc(Nc2ncnc3cnccc23)ccc1Cc1ccsc1. The third-order valence-electron chi connectivity index (χ3n) is 4.02. The predicted octanol–water partition coefficient (Wildman–Crippen LogP) is 4.73. The molecule has 1 aromatic carbocycles.